The number of esters is 8. The van der Waals surface area contributed by atoms with Crippen molar-refractivity contribution in [2.24, 2.45) is 5.73 Å². The fraction of sp³-hybridized carbons (Fsp3) is 0.382. The highest BCUT2D eigenvalue weighted by atomic mass is 16.6. The Morgan fingerprint density at radius 2 is 0.297 bits per heavy atom. The minimum Gasteiger partial charge on any atom is -0.462 e. The molecule has 145 heavy (non-hydrogen) atoms. The predicted molar refractivity (Wildman–Crippen MR) is 530 cm³/mol. The molecule has 0 atom stereocenters. The van der Waals surface area contributed by atoms with Crippen LogP contribution < -0.4 is 74.9 Å². The number of amides is 13. The van der Waals surface area contributed by atoms with E-state index in [-0.39, 0.29) is 137 Å². The Bertz CT molecular complexity index is 5120. The van der Waals surface area contributed by atoms with Gasteiger partial charge in [-0.25, -0.2) is 38.4 Å². The van der Waals surface area contributed by atoms with Crippen molar-refractivity contribution in [1.29, 1.82) is 0 Å². The van der Waals surface area contributed by atoms with Gasteiger partial charge in [0, 0.05) is 73.2 Å². The third-order valence-corrected chi connectivity index (χ3v) is 20.5. The van der Waals surface area contributed by atoms with Crippen molar-refractivity contribution in [3.63, 3.8) is 0 Å². The second-order valence-corrected chi connectivity index (χ2v) is 32.6. The SMILES string of the molecule is CCCCOC(=O)c1cc(NC(=O)CNC(=O)c2cc(NC(=O)CNC(=O)c3cc(NC(=O)CN)cc(C(=O)NCC(=O)Nc4cc(C(=O)NCC(=O)Nc5cc(C(=O)OCCCC)cc(C(=O)OCCCC)c5)cc(C(=O)NCC(=O)Nc5cc(C(=O)OCCCC)cc(C(=O)OCCCC)c5)c4)c3)cc(C(=O)NCC(=O)Nc3cc(C(=O)OCCCC)cc(C(=O)OCCCC)c3)c2)cc(C(=O)OCCCC)c1. The van der Waals surface area contributed by atoms with Crippen LogP contribution in [-0.2, 0) is 71.5 Å². The number of anilines is 7. The number of carbonyl (C=O) groups excluding carboxylic acids is 21. The van der Waals surface area contributed by atoms with Gasteiger partial charge in [0.25, 0.3) is 35.4 Å². The first kappa shape index (κ1) is 115. The van der Waals surface area contributed by atoms with E-state index >= 15 is 0 Å². The van der Waals surface area contributed by atoms with Crippen LogP contribution in [0.2, 0.25) is 0 Å². The molecule has 0 aliphatic heterocycles. The molecule has 13 amide bonds. The summed E-state index contributed by atoms with van der Waals surface area (Å²) in [5.41, 5.74) is 1.14. The highest BCUT2D eigenvalue weighted by Crippen LogP contribution is 2.26. The summed E-state index contributed by atoms with van der Waals surface area (Å²) in [6.45, 7) is 9.79. The van der Waals surface area contributed by atoms with Crippen molar-refractivity contribution in [3.8, 4) is 0 Å². The molecule has 0 aliphatic rings. The highest BCUT2D eigenvalue weighted by molar-refractivity contribution is 6.12. The van der Waals surface area contributed by atoms with E-state index in [4.69, 9.17) is 43.6 Å². The molecule has 0 aromatic heterocycles. The number of ether oxygens (including phenoxy) is 8. The van der Waals surface area contributed by atoms with E-state index in [0.717, 1.165) is 54.6 Å². The van der Waals surface area contributed by atoms with Gasteiger partial charge >= 0.3 is 47.8 Å². The largest absolute Gasteiger partial charge is 0.462 e. The van der Waals surface area contributed by atoms with E-state index in [1.165, 1.54) is 72.8 Å². The Balaban J connectivity index is 1.12. The fourth-order valence-electron chi connectivity index (χ4n) is 12.8. The number of unbranched alkanes of at least 4 members (excludes halogenated alkanes) is 8. The van der Waals surface area contributed by atoms with Crippen LogP contribution in [0.1, 0.15) is 303 Å². The van der Waals surface area contributed by atoms with Crippen LogP contribution in [0.15, 0.2) is 127 Å². The summed E-state index contributed by atoms with van der Waals surface area (Å²) >= 11 is 0. The number of nitrogens with one attached hydrogen (secondary N) is 13. The monoisotopic (exact) mass is 2010 g/mol. The van der Waals surface area contributed by atoms with Crippen LogP contribution in [-0.4, -0.2) is 223 Å². The molecule has 43 nitrogen and oxygen atoms in total. The average molecular weight is 2010 g/mol. The molecule has 43 heteroatoms. The first-order valence-corrected chi connectivity index (χ1v) is 47.5. The number of carbonyl (C=O) groups is 21. The van der Waals surface area contributed by atoms with Crippen molar-refractivity contribution < 1.29 is 139 Å². The summed E-state index contributed by atoms with van der Waals surface area (Å²) in [6.07, 6.45) is 9.81. The van der Waals surface area contributed by atoms with Gasteiger partial charge in [-0.15, -0.1) is 0 Å². The first-order chi connectivity index (χ1) is 69.6. The molecule has 0 fully saturated rings. The summed E-state index contributed by atoms with van der Waals surface area (Å²) in [7, 11) is 0. The molecule has 7 aromatic carbocycles. The molecule has 0 saturated heterocycles. The maximum absolute atomic E-state index is 14.2. The van der Waals surface area contributed by atoms with Gasteiger partial charge in [-0.05, 0) is 179 Å². The lowest BCUT2D eigenvalue weighted by atomic mass is 10.1. The predicted octanol–water partition coefficient (Wildman–Crippen LogP) is 10.5. The highest BCUT2D eigenvalue weighted by Gasteiger charge is 2.27. The van der Waals surface area contributed by atoms with Crippen LogP contribution in [0.5, 0.6) is 0 Å². The van der Waals surface area contributed by atoms with E-state index in [9.17, 15) is 101 Å². The molecule has 0 unspecified atom stereocenters. The van der Waals surface area contributed by atoms with Crippen molar-refractivity contribution in [3.05, 3.63) is 205 Å². The second kappa shape index (κ2) is 61.2. The molecule has 0 bridgehead atoms. The fourth-order valence-corrected chi connectivity index (χ4v) is 12.8. The first-order valence-electron chi connectivity index (χ1n) is 47.5. The van der Waals surface area contributed by atoms with Crippen LogP contribution in [0.3, 0.4) is 0 Å². The van der Waals surface area contributed by atoms with Crippen molar-refractivity contribution >= 4 is 164 Å². The van der Waals surface area contributed by atoms with Gasteiger partial charge in [0.2, 0.25) is 41.4 Å². The van der Waals surface area contributed by atoms with Gasteiger partial charge in [0.15, 0.2) is 0 Å². The number of hydrogen-bond acceptors (Lipinski definition) is 30. The van der Waals surface area contributed by atoms with Crippen LogP contribution in [0.4, 0.5) is 39.8 Å². The standard InChI is InChI=1S/C102H122N14O29/c1-9-17-25-138-95(130)67-36-68(96(131)139-26-18-10-2)47-78(46-67)113-85(120)57-106-91(126)63-34-64(92(127)107-58-86(121)114-79-48-69(97(132)140-27-19-11-3)37-70(49-79)98(133)141-28-20-12-4)43-76(42-63)111-83(118)55-104-89(124)61-33-62(41-75(40-61)110-82(117)54-103)90(125)105-56-84(119)112-77-44-65(93(128)108-59-87(122)115-80-50-71(99(134)142-29-21-13-5)38-72(51-80)100(135)143-30-22-14-6)35-66(45-77)94(129)109-60-88(123)116-81-52-73(101(136)144-31-23-15-7)39-74(53-81)102(137)145-32-24-16-8/h33-53H,9-32,54-60,103H2,1-8H3,(H,104,124)(H,105,125)(H,106,126)(H,107,127)(H,108,128)(H,109,129)(H,110,117)(H,111,118)(H,112,119)(H,113,120)(H,114,121)(H,115,122)(H,116,123). The minimum absolute atomic E-state index is 0.0537. The zero-order valence-corrected chi connectivity index (χ0v) is 82.0. The van der Waals surface area contributed by atoms with Gasteiger partial charge in [-0.3, -0.25) is 62.3 Å². The van der Waals surface area contributed by atoms with E-state index in [0.29, 0.717) is 103 Å². The molecule has 7 rings (SSSR count). The summed E-state index contributed by atoms with van der Waals surface area (Å²) in [6, 6.07) is 24.3. The summed E-state index contributed by atoms with van der Waals surface area (Å²) in [5, 5.41) is 31.7. The van der Waals surface area contributed by atoms with Crippen LogP contribution in [0.25, 0.3) is 0 Å². The molecule has 0 saturated carbocycles. The van der Waals surface area contributed by atoms with Gasteiger partial charge in [0.05, 0.1) is 143 Å². The zero-order valence-electron chi connectivity index (χ0n) is 82.0. The molecule has 0 spiro atoms. The lowest BCUT2D eigenvalue weighted by molar-refractivity contribution is -0.116. The molecular weight excluding hydrogens is 1890 g/mol. The van der Waals surface area contributed by atoms with Crippen molar-refractivity contribution in [1.82, 2.24) is 31.9 Å². The van der Waals surface area contributed by atoms with E-state index < -0.39 is 204 Å². The van der Waals surface area contributed by atoms with Gasteiger partial charge in [-0.2, -0.15) is 0 Å². The maximum Gasteiger partial charge on any atom is 0.338 e. The Hall–Kier alpha value is -16.6. The summed E-state index contributed by atoms with van der Waals surface area (Å²) in [4.78, 5) is 286. The third kappa shape index (κ3) is 40.1. The number of rotatable bonds is 58. The minimum atomic E-state index is -1.09. The molecule has 0 aliphatic carbocycles. The van der Waals surface area contributed by atoms with Crippen LogP contribution >= 0.6 is 0 Å². The zero-order chi connectivity index (χ0) is 106. The summed E-state index contributed by atoms with van der Waals surface area (Å²) in [5.74, 6) is -19.4. The van der Waals surface area contributed by atoms with Crippen molar-refractivity contribution in [2.45, 2.75) is 158 Å². The van der Waals surface area contributed by atoms with E-state index in [1.807, 2.05) is 55.4 Å². The van der Waals surface area contributed by atoms with Gasteiger partial charge < -0.3 is 113 Å². The lowest BCUT2D eigenvalue weighted by Gasteiger charge is -2.14. The van der Waals surface area contributed by atoms with Crippen LogP contribution in [0, 0.1) is 0 Å². The lowest BCUT2D eigenvalue weighted by Crippen LogP contribution is -2.35. The van der Waals surface area contributed by atoms with Crippen molar-refractivity contribution in [2.75, 3.05) is 136 Å². The third-order valence-electron chi connectivity index (χ3n) is 20.5. The van der Waals surface area contributed by atoms with Gasteiger partial charge in [-0.1, -0.05) is 107 Å². The number of hydrogen-bond donors (Lipinski definition) is 14. The Morgan fingerprint density at radius 1 is 0.179 bits per heavy atom. The second-order valence-electron chi connectivity index (χ2n) is 32.6. The van der Waals surface area contributed by atoms with E-state index in [1.54, 1.807) is 0 Å². The van der Waals surface area contributed by atoms with Gasteiger partial charge in [0.1, 0.15) is 0 Å². The normalized spacial score (nSPS) is 10.6. The molecule has 0 heterocycles. The molecule has 0 radical (unpaired) electrons. The maximum atomic E-state index is 14.2. The number of benzene rings is 7. The average Bonchev–Trinajstić information content (AvgIpc) is 0.822. The Morgan fingerprint density at radius 3 is 0.421 bits per heavy atom. The summed E-state index contributed by atoms with van der Waals surface area (Å²) < 4.78 is 42.9. The molecule has 774 valence electrons. The molecular formula is C102H122N14O29. The topological polar surface area (TPSA) is 615 Å². The number of nitrogens with two attached hydrogens (primary N) is 1. The van der Waals surface area contributed by atoms with E-state index in [2.05, 4.69) is 69.1 Å². The Labute approximate surface area is 835 Å². The quantitative estimate of drug-likeness (QED) is 0.00956. The Kier molecular flexibility index (Phi) is 48.6. The molecule has 7 aromatic rings. The molecule has 15 N–H and O–H groups in total. The smallest absolute Gasteiger partial charge is 0.338 e.